The van der Waals surface area contributed by atoms with E-state index in [-0.39, 0.29) is 29.6 Å². The normalized spacial score (nSPS) is 19.1. The number of hydrogen-bond acceptors (Lipinski definition) is 7. The Kier molecular flexibility index (Phi) is 6.75. The van der Waals surface area contributed by atoms with E-state index in [1.807, 2.05) is 12.1 Å². The minimum absolute atomic E-state index is 0. The Morgan fingerprint density at radius 3 is 2.56 bits per heavy atom. The zero-order valence-electron chi connectivity index (χ0n) is 19.8. The van der Waals surface area contributed by atoms with Gasteiger partial charge in [-0.3, -0.25) is 18.7 Å². The van der Waals surface area contributed by atoms with Gasteiger partial charge in [0.2, 0.25) is 0 Å². The average molecular weight is 510 g/mol. The van der Waals surface area contributed by atoms with Crippen molar-refractivity contribution in [3.05, 3.63) is 68.2 Å². The number of likely N-dealkylation sites (tertiary alicyclic amines) is 1. The first kappa shape index (κ1) is 24.4. The number of hydrogen-bond donors (Lipinski definition) is 1. The molecular formula is C26H28ClN5O4. The summed E-state index contributed by atoms with van der Waals surface area (Å²) in [6.07, 6.45) is 1.99. The highest BCUT2D eigenvalue weighted by Gasteiger charge is 2.29. The maximum Gasteiger partial charge on any atom is 0.252 e. The molecule has 1 saturated heterocycles. The first-order valence-electron chi connectivity index (χ1n) is 12.1. The van der Waals surface area contributed by atoms with Crippen LogP contribution in [-0.2, 0) is 13.1 Å². The van der Waals surface area contributed by atoms with Gasteiger partial charge in [0.25, 0.3) is 11.1 Å². The Morgan fingerprint density at radius 2 is 1.78 bits per heavy atom. The van der Waals surface area contributed by atoms with Crippen molar-refractivity contribution >= 4 is 23.4 Å². The Balaban J connectivity index is 0.00000267. The van der Waals surface area contributed by atoms with E-state index < -0.39 is 0 Å². The van der Waals surface area contributed by atoms with E-state index in [1.54, 1.807) is 33.4 Å². The third kappa shape index (κ3) is 4.37. The van der Waals surface area contributed by atoms with Crippen molar-refractivity contribution in [3.63, 3.8) is 0 Å². The molecule has 1 aromatic carbocycles. The van der Waals surface area contributed by atoms with Crippen molar-refractivity contribution in [1.82, 2.24) is 19.4 Å². The second-order valence-electron chi connectivity index (χ2n) is 9.49. The maximum absolute atomic E-state index is 12.7. The van der Waals surface area contributed by atoms with Crippen LogP contribution in [0.2, 0.25) is 0 Å². The van der Waals surface area contributed by atoms with Gasteiger partial charge in [0.15, 0.2) is 11.5 Å². The van der Waals surface area contributed by atoms with Crippen molar-refractivity contribution in [1.29, 1.82) is 5.26 Å². The number of piperidine rings is 1. The molecule has 188 valence electrons. The Labute approximate surface area is 214 Å². The van der Waals surface area contributed by atoms with E-state index in [2.05, 4.69) is 16.3 Å². The lowest BCUT2D eigenvalue weighted by Gasteiger charge is -2.34. The summed E-state index contributed by atoms with van der Waals surface area (Å²) in [5, 5.41) is 14.0. The number of ether oxygens (including phenoxy) is 2. The molecule has 3 aliphatic rings. The van der Waals surface area contributed by atoms with Crippen LogP contribution >= 0.6 is 12.4 Å². The standard InChI is InChI=1S/C26H27N5O4.ClH/c27-13-19-11-17(12-22-25(19)35-10-9-34-22)14-28-20-5-7-29(8-6-20)15-21-16-30-23(32)3-1-18-2-4-24(33)31(21)26(18)30;/h1-4,11-12,20-21,28H,5-10,14-16H2;1H. The molecular weight excluding hydrogens is 482 g/mol. The smallest absolute Gasteiger partial charge is 0.252 e. The molecule has 36 heavy (non-hydrogen) atoms. The van der Waals surface area contributed by atoms with Crippen LogP contribution in [0.25, 0.3) is 11.0 Å². The van der Waals surface area contributed by atoms with Gasteiger partial charge in [0.05, 0.1) is 11.6 Å². The lowest BCUT2D eigenvalue weighted by Crippen LogP contribution is -2.44. The number of nitrogens with one attached hydrogen (secondary N) is 1. The predicted octanol–water partition coefficient (Wildman–Crippen LogP) is 2.04. The Hall–Kier alpha value is -3.32. The number of nitrogens with zero attached hydrogens (tertiary/aromatic N) is 4. The number of pyridine rings is 2. The molecule has 0 spiro atoms. The molecule has 0 radical (unpaired) electrons. The molecule has 9 nitrogen and oxygen atoms in total. The van der Waals surface area contributed by atoms with Crippen molar-refractivity contribution in [3.8, 4) is 17.6 Å². The van der Waals surface area contributed by atoms with Gasteiger partial charge in [-0.2, -0.15) is 5.26 Å². The monoisotopic (exact) mass is 509 g/mol. The molecule has 3 aliphatic heterocycles. The number of fused-ring (bicyclic) bond motifs is 1. The summed E-state index contributed by atoms with van der Waals surface area (Å²) in [6, 6.07) is 13.1. The fourth-order valence-corrected chi connectivity index (χ4v) is 5.57. The summed E-state index contributed by atoms with van der Waals surface area (Å²) in [6.45, 7) is 4.76. The van der Waals surface area contributed by atoms with E-state index in [0.29, 0.717) is 49.4 Å². The van der Waals surface area contributed by atoms with Gasteiger partial charge in [0.1, 0.15) is 24.9 Å². The summed E-state index contributed by atoms with van der Waals surface area (Å²) < 4.78 is 14.8. The van der Waals surface area contributed by atoms with Crippen LogP contribution in [0.4, 0.5) is 0 Å². The fraction of sp³-hybridized carbons (Fsp3) is 0.423. The first-order chi connectivity index (χ1) is 17.1. The van der Waals surface area contributed by atoms with Gasteiger partial charge in [-0.15, -0.1) is 12.4 Å². The summed E-state index contributed by atoms with van der Waals surface area (Å²) in [5.74, 6) is 1.19. The van der Waals surface area contributed by atoms with E-state index in [1.165, 1.54) is 0 Å². The highest BCUT2D eigenvalue weighted by molar-refractivity contribution is 5.85. The molecule has 5 heterocycles. The quantitative estimate of drug-likeness (QED) is 0.561. The van der Waals surface area contributed by atoms with Crippen LogP contribution in [-0.4, -0.2) is 52.9 Å². The summed E-state index contributed by atoms with van der Waals surface area (Å²) in [4.78, 5) is 27.4. The molecule has 1 atom stereocenters. The summed E-state index contributed by atoms with van der Waals surface area (Å²) >= 11 is 0. The number of aromatic nitrogens is 2. The van der Waals surface area contributed by atoms with Crippen molar-refractivity contribution in [2.24, 2.45) is 0 Å². The second kappa shape index (κ2) is 9.97. The lowest BCUT2D eigenvalue weighted by molar-refractivity contribution is 0.169. The zero-order valence-corrected chi connectivity index (χ0v) is 20.6. The molecule has 1 N–H and O–H groups in total. The molecule has 3 aromatic rings. The van der Waals surface area contributed by atoms with Crippen LogP contribution in [0.1, 0.15) is 30.0 Å². The van der Waals surface area contributed by atoms with E-state index in [4.69, 9.17) is 9.47 Å². The van der Waals surface area contributed by atoms with Crippen LogP contribution in [0.5, 0.6) is 11.5 Å². The van der Waals surface area contributed by atoms with Gasteiger partial charge in [-0.25, -0.2) is 0 Å². The molecule has 1 fully saturated rings. The van der Waals surface area contributed by atoms with Crippen molar-refractivity contribution < 1.29 is 9.47 Å². The number of nitriles is 1. The maximum atomic E-state index is 12.7. The van der Waals surface area contributed by atoms with Gasteiger partial charge >= 0.3 is 0 Å². The van der Waals surface area contributed by atoms with Gasteiger partial charge < -0.3 is 19.7 Å². The highest BCUT2D eigenvalue weighted by Crippen LogP contribution is 2.35. The zero-order chi connectivity index (χ0) is 23.9. The van der Waals surface area contributed by atoms with Crippen molar-refractivity contribution in [2.45, 2.75) is 38.0 Å². The molecule has 0 amide bonds. The SMILES string of the molecule is Cl.N#Cc1cc(CNC2CCN(CC3Cn4c(=O)ccc5ccc(=O)n3c54)CC2)cc2c1OCCO2. The van der Waals surface area contributed by atoms with E-state index >= 15 is 0 Å². The molecule has 0 bridgehead atoms. The topological polar surface area (TPSA) is 102 Å². The highest BCUT2D eigenvalue weighted by atomic mass is 35.5. The van der Waals surface area contributed by atoms with Crippen molar-refractivity contribution in [2.75, 3.05) is 32.8 Å². The molecule has 10 heteroatoms. The number of rotatable bonds is 5. The second-order valence-corrected chi connectivity index (χ2v) is 9.49. The lowest BCUT2D eigenvalue weighted by atomic mass is 10.0. The number of halogens is 1. The third-order valence-corrected chi connectivity index (χ3v) is 7.29. The first-order valence-corrected chi connectivity index (χ1v) is 12.1. The minimum Gasteiger partial charge on any atom is -0.486 e. The summed E-state index contributed by atoms with van der Waals surface area (Å²) in [7, 11) is 0. The van der Waals surface area contributed by atoms with Gasteiger partial charge in [-0.05, 0) is 55.8 Å². The van der Waals surface area contributed by atoms with Crippen LogP contribution in [0.15, 0.2) is 46.0 Å². The Morgan fingerprint density at radius 1 is 1.03 bits per heavy atom. The molecule has 1 unspecified atom stereocenters. The summed E-state index contributed by atoms with van der Waals surface area (Å²) in [5.41, 5.74) is 2.15. The molecule has 0 aliphatic carbocycles. The fourth-order valence-electron chi connectivity index (χ4n) is 5.57. The average Bonchev–Trinajstić information content (AvgIpc) is 3.28. The number of benzene rings is 1. The van der Waals surface area contributed by atoms with Crippen LogP contribution in [0, 0.1) is 11.3 Å². The minimum atomic E-state index is -0.0547. The van der Waals surface area contributed by atoms with E-state index in [0.717, 1.165) is 49.1 Å². The van der Waals surface area contributed by atoms with Crippen LogP contribution < -0.4 is 25.9 Å². The largest absolute Gasteiger partial charge is 0.486 e. The molecule has 0 saturated carbocycles. The third-order valence-electron chi connectivity index (χ3n) is 7.29. The van der Waals surface area contributed by atoms with Gasteiger partial charge in [-0.1, -0.05) is 0 Å². The predicted molar refractivity (Wildman–Crippen MR) is 137 cm³/mol. The van der Waals surface area contributed by atoms with E-state index in [9.17, 15) is 14.9 Å². The van der Waals surface area contributed by atoms with Crippen LogP contribution in [0.3, 0.4) is 0 Å². The Bertz CT molecular complexity index is 1450. The van der Waals surface area contributed by atoms with Gasteiger partial charge in [0, 0.05) is 43.2 Å². The molecule has 2 aromatic heterocycles. The molecule has 6 rings (SSSR count).